The molecule has 1 aromatic carbocycles. The Bertz CT molecular complexity index is 744. The third-order valence-electron chi connectivity index (χ3n) is 2.66. The fourth-order valence-corrected chi connectivity index (χ4v) is 3.53. The SMILES string of the molecule is Nc1cccc(S(=O)(=O)NCCc2cscn2)c1[N+](=O)[O-]. The zero-order chi connectivity index (χ0) is 15.5. The summed E-state index contributed by atoms with van der Waals surface area (Å²) in [7, 11) is -4.01. The van der Waals surface area contributed by atoms with Crippen LogP contribution in [0.1, 0.15) is 5.69 Å². The summed E-state index contributed by atoms with van der Waals surface area (Å²) in [5, 5.41) is 12.8. The van der Waals surface area contributed by atoms with Gasteiger partial charge in [0.25, 0.3) is 0 Å². The van der Waals surface area contributed by atoms with Crippen molar-refractivity contribution < 1.29 is 13.3 Å². The quantitative estimate of drug-likeness (QED) is 0.465. The second-order valence-corrected chi connectivity index (χ2v) is 6.53. The first-order valence-electron chi connectivity index (χ1n) is 5.81. The van der Waals surface area contributed by atoms with E-state index in [4.69, 9.17) is 5.73 Å². The smallest absolute Gasteiger partial charge is 0.312 e. The van der Waals surface area contributed by atoms with Crippen LogP contribution in [0.2, 0.25) is 0 Å². The lowest BCUT2D eigenvalue weighted by atomic mass is 10.3. The van der Waals surface area contributed by atoms with Crippen LogP contribution in [0.3, 0.4) is 0 Å². The summed E-state index contributed by atoms with van der Waals surface area (Å²) < 4.78 is 26.6. The molecule has 0 saturated heterocycles. The van der Waals surface area contributed by atoms with Crippen LogP contribution in [-0.2, 0) is 16.4 Å². The van der Waals surface area contributed by atoms with E-state index >= 15 is 0 Å². The highest BCUT2D eigenvalue weighted by atomic mass is 32.2. The molecule has 10 heteroatoms. The number of thiazole rings is 1. The van der Waals surface area contributed by atoms with E-state index in [1.54, 1.807) is 10.9 Å². The molecule has 0 atom stereocenters. The number of hydrogen-bond acceptors (Lipinski definition) is 7. The molecule has 2 aromatic rings. The molecule has 0 aliphatic rings. The van der Waals surface area contributed by atoms with Gasteiger partial charge in [-0.05, 0) is 12.1 Å². The second kappa shape index (κ2) is 6.16. The van der Waals surface area contributed by atoms with E-state index in [0.29, 0.717) is 6.42 Å². The lowest BCUT2D eigenvalue weighted by molar-refractivity contribution is -0.386. The number of aromatic nitrogens is 1. The molecule has 2 rings (SSSR count). The van der Waals surface area contributed by atoms with Gasteiger partial charge < -0.3 is 5.73 Å². The topological polar surface area (TPSA) is 128 Å². The Hall–Kier alpha value is -2.04. The summed E-state index contributed by atoms with van der Waals surface area (Å²) in [6, 6.07) is 3.80. The molecule has 0 bridgehead atoms. The summed E-state index contributed by atoms with van der Waals surface area (Å²) in [6.07, 6.45) is 0.402. The minimum Gasteiger partial charge on any atom is -0.393 e. The molecule has 0 aliphatic heterocycles. The van der Waals surface area contributed by atoms with Crippen molar-refractivity contribution in [1.82, 2.24) is 9.71 Å². The molecule has 1 aromatic heterocycles. The number of nitro groups is 1. The van der Waals surface area contributed by atoms with Crippen molar-refractivity contribution in [3.63, 3.8) is 0 Å². The summed E-state index contributed by atoms with van der Waals surface area (Å²) in [5.74, 6) is 0. The van der Waals surface area contributed by atoms with Crippen molar-refractivity contribution in [2.24, 2.45) is 0 Å². The maximum atomic E-state index is 12.1. The maximum Gasteiger partial charge on any atom is 0.312 e. The number of nitrogen functional groups attached to an aromatic ring is 1. The van der Waals surface area contributed by atoms with Crippen LogP contribution in [0.15, 0.2) is 34.0 Å². The first kappa shape index (κ1) is 15.4. The Morgan fingerprint density at radius 2 is 2.19 bits per heavy atom. The van der Waals surface area contributed by atoms with Gasteiger partial charge in [0.1, 0.15) is 5.69 Å². The number of nitrogens with two attached hydrogens (primary N) is 1. The van der Waals surface area contributed by atoms with Gasteiger partial charge in [0.15, 0.2) is 4.90 Å². The van der Waals surface area contributed by atoms with Gasteiger partial charge in [-0.3, -0.25) is 10.1 Å². The van der Waals surface area contributed by atoms with E-state index in [1.165, 1.54) is 23.5 Å². The maximum absolute atomic E-state index is 12.1. The van der Waals surface area contributed by atoms with E-state index < -0.39 is 25.5 Å². The van der Waals surface area contributed by atoms with Gasteiger partial charge in [-0.25, -0.2) is 18.1 Å². The van der Waals surface area contributed by atoms with Crippen LogP contribution in [-0.4, -0.2) is 24.9 Å². The van der Waals surface area contributed by atoms with Gasteiger partial charge in [-0.15, -0.1) is 11.3 Å². The van der Waals surface area contributed by atoms with Gasteiger partial charge in [0.05, 0.1) is 16.1 Å². The Morgan fingerprint density at radius 1 is 1.43 bits per heavy atom. The molecule has 112 valence electrons. The first-order chi connectivity index (χ1) is 9.92. The predicted octanol–water partition coefficient (Wildman–Crippen LogP) is 1.15. The van der Waals surface area contributed by atoms with E-state index in [1.807, 2.05) is 0 Å². The molecular formula is C11H12N4O4S2. The number of rotatable bonds is 6. The Balaban J connectivity index is 2.20. The number of anilines is 1. The van der Waals surface area contributed by atoms with Crippen LogP contribution < -0.4 is 10.5 Å². The standard InChI is InChI=1S/C11H12N4O4S2/c12-9-2-1-3-10(11(9)15(16)17)21(18,19)14-5-4-8-6-20-7-13-8/h1-3,6-7,14H,4-5,12H2. The Kier molecular flexibility index (Phi) is 4.50. The zero-order valence-corrected chi connectivity index (χ0v) is 12.4. The molecule has 21 heavy (non-hydrogen) atoms. The molecule has 0 fully saturated rings. The molecule has 1 heterocycles. The fourth-order valence-electron chi connectivity index (χ4n) is 1.70. The van der Waals surface area contributed by atoms with Crippen LogP contribution >= 0.6 is 11.3 Å². The summed E-state index contributed by atoms with van der Waals surface area (Å²) >= 11 is 1.41. The zero-order valence-electron chi connectivity index (χ0n) is 10.7. The number of hydrogen-bond donors (Lipinski definition) is 2. The third-order valence-corrected chi connectivity index (χ3v) is 4.79. The van der Waals surface area contributed by atoms with Crippen LogP contribution in [0.4, 0.5) is 11.4 Å². The van der Waals surface area contributed by atoms with Gasteiger partial charge in [-0.2, -0.15) is 0 Å². The summed E-state index contributed by atoms with van der Waals surface area (Å²) in [5.41, 5.74) is 7.08. The number of nitrogens with zero attached hydrogens (tertiary/aromatic N) is 2. The number of nitrogens with one attached hydrogen (secondary N) is 1. The van der Waals surface area contributed by atoms with Crippen molar-refractivity contribution in [1.29, 1.82) is 0 Å². The van der Waals surface area contributed by atoms with Crippen LogP contribution in [0.25, 0.3) is 0 Å². The highest BCUT2D eigenvalue weighted by Crippen LogP contribution is 2.29. The Morgan fingerprint density at radius 3 is 2.81 bits per heavy atom. The Labute approximate surface area is 124 Å². The average molecular weight is 328 g/mol. The summed E-state index contributed by atoms with van der Waals surface area (Å²) in [4.78, 5) is 13.8. The molecule has 3 N–H and O–H groups in total. The van der Waals surface area contributed by atoms with E-state index in [9.17, 15) is 18.5 Å². The van der Waals surface area contributed by atoms with E-state index in [0.717, 1.165) is 11.8 Å². The molecule has 8 nitrogen and oxygen atoms in total. The largest absolute Gasteiger partial charge is 0.393 e. The van der Waals surface area contributed by atoms with Crippen LogP contribution in [0.5, 0.6) is 0 Å². The molecule has 0 saturated carbocycles. The number of benzene rings is 1. The number of para-hydroxylation sites is 1. The van der Waals surface area contributed by atoms with Crippen LogP contribution in [0, 0.1) is 10.1 Å². The van der Waals surface area contributed by atoms with Gasteiger partial charge in [0, 0.05) is 18.3 Å². The molecule has 0 unspecified atom stereocenters. The molecule has 0 amide bonds. The van der Waals surface area contributed by atoms with Crippen molar-refractivity contribution in [3.05, 3.63) is 44.9 Å². The lowest BCUT2D eigenvalue weighted by Crippen LogP contribution is -2.27. The molecular weight excluding hydrogens is 316 g/mol. The highest BCUT2D eigenvalue weighted by molar-refractivity contribution is 7.89. The first-order valence-corrected chi connectivity index (χ1v) is 8.24. The van der Waals surface area contributed by atoms with Crippen molar-refractivity contribution >= 4 is 32.7 Å². The van der Waals surface area contributed by atoms with Crippen molar-refractivity contribution in [3.8, 4) is 0 Å². The molecule has 0 aliphatic carbocycles. The van der Waals surface area contributed by atoms with Gasteiger partial charge in [-0.1, -0.05) is 6.07 Å². The minimum absolute atomic E-state index is 0.0953. The highest BCUT2D eigenvalue weighted by Gasteiger charge is 2.27. The van der Waals surface area contributed by atoms with Crippen molar-refractivity contribution in [2.75, 3.05) is 12.3 Å². The van der Waals surface area contributed by atoms with E-state index in [-0.39, 0.29) is 12.2 Å². The monoisotopic (exact) mass is 328 g/mol. The third kappa shape index (κ3) is 3.54. The summed E-state index contributed by atoms with van der Waals surface area (Å²) in [6.45, 7) is 0.0953. The van der Waals surface area contributed by atoms with E-state index in [2.05, 4.69) is 9.71 Å². The van der Waals surface area contributed by atoms with Gasteiger partial charge >= 0.3 is 5.69 Å². The number of nitro benzene ring substituents is 1. The lowest BCUT2D eigenvalue weighted by Gasteiger charge is -2.07. The fraction of sp³-hybridized carbons (Fsp3) is 0.182. The molecule has 0 radical (unpaired) electrons. The average Bonchev–Trinajstić information content (AvgIpc) is 2.91. The number of sulfonamides is 1. The minimum atomic E-state index is -4.01. The normalized spacial score (nSPS) is 11.4. The van der Waals surface area contributed by atoms with Crippen molar-refractivity contribution in [2.45, 2.75) is 11.3 Å². The predicted molar refractivity (Wildman–Crippen MR) is 78.5 cm³/mol. The molecule has 0 spiro atoms. The van der Waals surface area contributed by atoms with Gasteiger partial charge in [0.2, 0.25) is 10.0 Å². The second-order valence-electron chi connectivity index (χ2n) is 4.08.